The highest BCUT2D eigenvalue weighted by Gasteiger charge is 2.12. The Hall–Kier alpha value is -1.81. The van der Waals surface area contributed by atoms with Crippen molar-refractivity contribution in [3.8, 4) is 0 Å². The van der Waals surface area contributed by atoms with Crippen molar-refractivity contribution < 1.29 is 18.0 Å². The van der Waals surface area contributed by atoms with E-state index in [1.807, 2.05) is 0 Å². The van der Waals surface area contributed by atoms with Crippen molar-refractivity contribution in [2.45, 2.75) is 12.8 Å². The summed E-state index contributed by atoms with van der Waals surface area (Å²) < 4.78 is 38.8. The van der Waals surface area contributed by atoms with Crippen molar-refractivity contribution in [3.63, 3.8) is 0 Å². The van der Waals surface area contributed by atoms with Gasteiger partial charge in [0.25, 0.3) is 0 Å². The second-order valence-corrected chi connectivity index (χ2v) is 4.74. The number of halogens is 4. The molecule has 0 bridgehead atoms. The summed E-state index contributed by atoms with van der Waals surface area (Å²) in [5, 5.41) is 0.440. The molecule has 1 nitrogen and oxygen atoms in total. The van der Waals surface area contributed by atoms with Crippen LogP contribution in [0.25, 0.3) is 0 Å². The van der Waals surface area contributed by atoms with Crippen molar-refractivity contribution in [1.82, 2.24) is 0 Å². The lowest BCUT2D eigenvalue weighted by molar-refractivity contribution is 0.0982. The molecule has 0 fully saturated rings. The number of rotatable bonds is 4. The molecular weight excluding hydrogens is 289 g/mol. The van der Waals surface area contributed by atoms with Gasteiger partial charge in [-0.05, 0) is 36.2 Å². The molecule has 0 saturated heterocycles. The summed E-state index contributed by atoms with van der Waals surface area (Å²) in [6.45, 7) is 0. The number of aryl methyl sites for hydroxylation is 1. The van der Waals surface area contributed by atoms with E-state index in [2.05, 4.69) is 0 Å². The molecule has 0 aliphatic heterocycles. The van der Waals surface area contributed by atoms with Crippen LogP contribution < -0.4 is 0 Å². The molecule has 0 radical (unpaired) electrons. The van der Waals surface area contributed by atoms with Gasteiger partial charge >= 0.3 is 0 Å². The third kappa shape index (κ3) is 3.39. The molecule has 2 aromatic rings. The molecular formula is C15H10ClF3O. The Morgan fingerprint density at radius 3 is 2.30 bits per heavy atom. The molecule has 0 heterocycles. The van der Waals surface area contributed by atoms with Gasteiger partial charge in [-0.1, -0.05) is 23.7 Å². The van der Waals surface area contributed by atoms with Crippen molar-refractivity contribution in [2.75, 3.05) is 0 Å². The maximum Gasteiger partial charge on any atom is 0.194 e. The van der Waals surface area contributed by atoms with Crippen LogP contribution in [0, 0.1) is 17.5 Å². The zero-order valence-electron chi connectivity index (χ0n) is 10.3. The van der Waals surface area contributed by atoms with Gasteiger partial charge in [0.15, 0.2) is 23.2 Å². The van der Waals surface area contributed by atoms with E-state index in [0.717, 1.165) is 12.1 Å². The average molecular weight is 299 g/mol. The summed E-state index contributed by atoms with van der Waals surface area (Å²) in [4.78, 5) is 11.9. The summed E-state index contributed by atoms with van der Waals surface area (Å²) in [6, 6.07) is 8.21. The summed E-state index contributed by atoms with van der Waals surface area (Å²) in [6.07, 6.45) is 0.185. The first-order valence-corrected chi connectivity index (χ1v) is 6.27. The minimum absolute atomic E-state index is 0.0604. The zero-order chi connectivity index (χ0) is 14.7. The summed E-state index contributed by atoms with van der Waals surface area (Å²) in [5.41, 5.74) is 0.664. The van der Waals surface area contributed by atoms with E-state index in [1.54, 1.807) is 18.2 Å². The van der Waals surface area contributed by atoms with Crippen LogP contribution in [0.15, 0.2) is 36.4 Å². The van der Waals surface area contributed by atoms with Crippen LogP contribution in [0.4, 0.5) is 13.2 Å². The van der Waals surface area contributed by atoms with E-state index in [0.29, 0.717) is 10.6 Å². The highest BCUT2D eigenvalue weighted by molar-refractivity contribution is 6.31. The minimum Gasteiger partial charge on any atom is -0.294 e. The van der Waals surface area contributed by atoms with Gasteiger partial charge in [0.2, 0.25) is 0 Å². The Balaban J connectivity index is 2.07. The SMILES string of the molecule is O=C(CCc1cc(F)c(F)c(F)c1)c1cccc(Cl)c1. The van der Waals surface area contributed by atoms with Gasteiger partial charge in [-0.2, -0.15) is 0 Å². The molecule has 0 spiro atoms. The minimum atomic E-state index is -1.50. The highest BCUT2D eigenvalue weighted by atomic mass is 35.5. The number of Topliss-reactive ketones (excluding diaryl/α,β-unsaturated/α-hetero) is 1. The van der Waals surface area contributed by atoms with Gasteiger partial charge in [0.05, 0.1) is 0 Å². The van der Waals surface area contributed by atoms with Gasteiger partial charge in [0.1, 0.15) is 0 Å². The Morgan fingerprint density at radius 1 is 1.05 bits per heavy atom. The number of carbonyl (C=O) groups excluding carboxylic acids is 1. The molecule has 0 atom stereocenters. The Kier molecular flexibility index (Phi) is 4.45. The van der Waals surface area contributed by atoms with E-state index in [-0.39, 0.29) is 24.2 Å². The normalized spacial score (nSPS) is 10.6. The van der Waals surface area contributed by atoms with Gasteiger partial charge in [0, 0.05) is 17.0 Å². The predicted octanol–water partition coefficient (Wildman–Crippen LogP) is 4.57. The maximum absolute atomic E-state index is 13.0. The Morgan fingerprint density at radius 2 is 1.70 bits per heavy atom. The monoisotopic (exact) mass is 298 g/mol. The lowest BCUT2D eigenvalue weighted by Crippen LogP contribution is -2.02. The van der Waals surface area contributed by atoms with Crippen molar-refractivity contribution in [3.05, 3.63) is 70.0 Å². The van der Waals surface area contributed by atoms with Crippen molar-refractivity contribution >= 4 is 17.4 Å². The van der Waals surface area contributed by atoms with Gasteiger partial charge in [-0.15, -0.1) is 0 Å². The van der Waals surface area contributed by atoms with E-state index in [4.69, 9.17) is 11.6 Å². The van der Waals surface area contributed by atoms with Gasteiger partial charge in [-0.3, -0.25) is 4.79 Å². The second kappa shape index (κ2) is 6.09. The largest absolute Gasteiger partial charge is 0.294 e. The molecule has 0 saturated carbocycles. The van der Waals surface area contributed by atoms with Gasteiger partial charge < -0.3 is 0 Å². The smallest absolute Gasteiger partial charge is 0.194 e. The summed E-state index contributed by atoms with van der Waals surface area (Å²) in [5.74, 6) is -4.21. The van der Waals surface area contributed by atoms with Crippen LogP contribution in [-0.4, -0.2) is 5.78 Å². The zero-order valence-corrected chi connectivity index (χ0v) is 11.1. The summed E-state index contributed by atoms with van der Waals surface area (Å²) >= 11 is 5.77. The molecule has 104 valence electrons. The molecule has 2 rings (SSSR count). The van der Waals surface area contributed by atoms with Crippen LogP contribution >= 0.6 is 11.6 Å². The standard InChI is InChI=1S/C15H10ClF3O/c16-11-3-1-2-10(8-11)14(20)5-4-9-6-12(17)15(19)13(18)7-9/h1-3,6-8H,4-5H2. The fourth-order valence-corrected chi connectivity index (χ4v) is 2.01. The van der Waals surface area contributed by atoms with Crippen LogP contribution in [0.3, 0.4) is 0 Å². The van der Waals surface area contributed by atoms with Crippen molar-refractivity contribution in [2.24, 2.45) is 0 Å². The van der Waals surface area contributed by atoms with Gasteiger partial charge in [-0.25, -0.2) is 13.2 Å². The molecule has 2 aromatic carbocycles. The number of hydrogen-bond donors (Lipinski definition) is 0. The molecule has 20 heavy (non-hydrogen) atoms. The Labute approximate surface area is 119 Å². The fraction of sp³-hybridized carbons (Fsp3) is 0.133. The van der Waals surface area contributed by atoms with E-state index in [1.165, 1.54) is 6.07 Å². The molecule has 0 aliphatic carbocycles. The first-order valence-electron chi connectivity index (χ1n) is 5.89. The molecule has 0 aliphatic rings. The average Bonchev–Trinajstić information content (AvgIpc) is 2.42. The number of hydrogen-bond acceptors (Lipinski definition) is 1. The third-order valence-corrected chi connectivity index (χ3v) is 3.07. The predicted molar refractivity (Wildman–Crippen MR) is 70.4 cm³/mol. The van der Waals surface area contributed by atoms with Crippen LogP contribution in [-0.2, 0) is 6.42 Å². The second-order valence-electron chi connectivity index (χ2n) is 4.31. The molecule has 0 amide bonds. The number of benzene rings is 2. The maximum atomic E-state index is 13.0. The third-order valence-electron chi connectivity index (χ3n) is 2.83. The molecule has 0 N–H and O–H groups in total. The molecule has 0 aromatic heterocycles. The van der Waals surface area contributed by atoms with Crippen molar-refractivity contribution in [1.29, 1.82) is 0 Å². The Bertz CT molecular complexity index is 632. The van der Waals surface area contributed by atoms with Crippen LogP contribution in [0.2, 0.25) is 5.02 Å². The topological polar surface area (TPSA) is 17.1 Å². The molecule has 0 unspecified atom stereocenters. The fourth-order valence-electron chi connectivity index (χ4n) is 1.82. The first-order chi connectivity index (χ1) is 9.47. The number of ketones is 1. The number of carbonyl (C=O) groups is 1. The van der Waals surface area contributed by atoms with Crippen LogP contribution in [0.1, 0.15) is 22.3 Å². The first kappa shape index (κ1) is 14.6. The quantitative estimate of drug-likeness (QED) is 0.597. The lowest BCUT2D eigenvalue weighted by Gasteiger charge is -2.04. The van der Waals surface area contributed by atoms with E-state index >= 15 is 0 Å². The highest BCUT2D eigenvalue weighted by Crippen LogP contribution is 2.17. The summed E-state index contributed by atoms with van der Waals surface area (Å²) in [7, 11) is 0. The lowest BCUT2D eigenvalue weighted by atomic mass is 10.0. The van der Waals surface area contributed by atoms with Crippen LogP contribution in [0.5, 0.6) is 0 Å². The molecule has 5 heteroatoms. The van der Waals surface area contributed by atoms with E-state index in [9.17, 15) is 18.0 Å². The van der Waals surface area contributed by atoms with E-state index < -0.39 is 17.5 Å².